The van der Waals surface area contributed by atoms with E-state index in [1.54, 1.807) is 12.1 Å². The van der Waals surface area contributed by atoms with Crippen LogP contribution in [0.5, 0.6) is 0 Å². The van der Waals surface area contributed by atoms with Crippen molar-refractivity contribution in [3.63, 3.8) is 0 Å². The number of carbonyl (C=O) groups is 1. The topological polar surface area (TPSA) is 56.7 Å². The van der Waals surface area contributed by atoms with Crippen LogP contribution in [0.3, 0.4) is 0 Å². The molecule has 0 unspecified atom stereocenters. The number of nitrogens with zero attached hydrogens (tertiary/aromatic N) is 3. The molecule has 232 valence electrons. The molecule has 3 atom stereocenters. The summed E-state index contributed by atoms with van der Waals surface area (Å²) >= 11 is 7.63. The standard InChI is InChI=1S/C34H41ClFIN3O2S/c1-2-30-33(43-32(38-30)18-23-9-11-26(35)12-10-23)24-13-15-40(16-14-24)37-29-21-39(31(34(41)42)17-22-5-3-6-22)20-28(29)25-7-4-8-27(36)19-25/h4,7-12,19,22,24,28-29,31H,2-3,5-6,13-18,20-21H2,1H3,(H,41,42)/q-1/t28-,29+,31-/m1/s1. The molecule has 6 rings (SSSR count). The summed E-state index contributed by atoms with van der Waals surface area (Å²) in [4.78, 5) is 21.1. The Labute approximate surface area is 274 Å². The van der Waals surface area contributed by atoms with Crippen molar-refractivity contribution in [3.05, 3.63) is 86.1 Å². The van der Waals surface area contributed by atoms with Gasteiger partial charge >= 0.3 is 264 Å². The van der Waals surface area contributed by atoms with E-state index in [4.69, 9.17) is 16.6 Å². The number of benzene rings is 2. The molecule has 5 nitrogen and oxygen atoms in total. The quantitative estimate of drug-likeness (QED) is 0.180. The van der Waals surface area contributed by atoms with Gasteiger partial charge in [-0.1, -0.05) is 11.6 Å². The number of halogens is 3. The van der Waals surface area contributed by atoms with Crippen LogP contribution in [0.1, 0.15) is 84.0 Å². The molecule has 3 heterocycles. The first-order valence-corrected chi connectivity index (χ1v) is 19.1. The van der Waals surface area contributed by atoms with E-state index in [1.807, 2.05) is 29.5 Å². The van der Waals surface area contributed by atoms with Crippen molar-refractivity contribution in [1.82, 2.24) is 13.0 Å². The summed E-state index contributed by atoms with van der Waals surface area (Å²) in [5, 5.41) is 12.1. The third kappa shape index (κ3) is 7.63. The van der Waals surface area contributed by atoms with Gasteiger partial charge in [-0.15, -0.1) is 0 Å². The number of rotatable bonds is 11. The molecule has 2 aromatic carbocycles. The van der Waals surface area contributed by atoms with E-state index in [-0.39, 0.29) is 33.2 Å². The molecular formula is C34H41ClFIN3O2S-. The summed E-state index contributed by atoms with van der Waals surface area (Å²) in [7, 11) is 0. The number of alkyl halides is 1. The van der Waals surface area contributed by atoms with E-state index < -0.39 is 12.0 Å². The van der Waals surface area contributed by atoms with Crippen molar-refractivity contribution in [3.8, 4) is 0 Å². The van der Waals surface area contributed by atoms with Gasteiger partial charge in [0, 0.05) is 0 Å². The van der Waals surface area contributed by atoms with Crippen LogP contribution in [-0.2, 0) is 17.6 Å². The first kappa shape index (κ1) is 31.4. The molecule has 0 radical (unpaired) electrons. The first-order chi connectivity index (χ1) is 20.9. The van der Waals surface area contributed by atoms with E-state index in [2.05, 4.69) is 27.1 Å². The molecule has 1 N–H and O–H groups in total. The predicted molar refractivity (Wildman–Crippen MR) is 167 cm³/mol. The van der Waals surface area contributed by atoms with Gasteiger partial charge in [0.1, 0.15) is 0 Å². The van der Waals surface area contributed by atoms with Gasteiger partial charge in [-0.3, -0.25) is 0 Å². The third-order valence-corrected chi connectivity index (χ3v) is 14.8. The zero-order valence-corrected chi connectivity index (χ0v) is 28.5. The number of carboxylic acid groups (broad SMARTS) is 1. The first-order valence-electron chi connectivity index (χ1n) is 15.7. The second-order valence-electron chi connectivity index (χ2n) is 12.4. The molecule has 0 bridgehead atoms. The Balaban J connectivity index is 1.11. The number of aliphatic carboxylic acids is 1. The summed E-state index contributed by atoms with van der Waals surface area (Å²) in [5.41, 5.74) is 3.52. The molecule has 1 aromatic heterocycles. The molecule has 2 aliphatic heterocycles. The fourth-order valence-electron chi connectivity index (χ4n) is 6.87. The average molecular weight is 737 g/mol. The summed E-state index contributed by atoms with van der Waals surface area (Å²) in [5.74, 6) is 0.367. The number of aromatic nitrogens is 1. The van der Waals surface area contributed by atoms with E-state index in [0.29, 0.717) is 22.3 Å². The molecule has 1 saturated carbocycles. The monoisotopic (exact) mass is 736 g/mol. The molecule has 43 heavy (non-hydrogen) atoms. The number of hydrogen-bond donors (Lipinski definition) is 1. The van der Waals surface area contributed by atoms with E-state index in [9.17, 15) is 14.3 Å². The number of hydrogen-bond acceptors (Lipinski definition) is 5. The van der Waals surface area contributed by atoms with Crippen LogP contribution in [0.25, 0.3) is 0 Å². The van der Waals surface area contributed by atoms with Crippen molar-refractivity contribution >= 4 is 28.9 Å². The van der Waals surface area contributed by atoms with Crippen LogP contribution >= 0.6 is 22.9 Å². The van der Waals surface area contributed by atoms with Crippen LogP contribution in [0, 0.1) is 11.7 Å². The molecule has 3 fully saturated rings. The van der Waals surface area contributed by atoms with Gasteiger partial charge in [0.05, 0.1) is 0 Å². The second kappa shape index (κ2) is 14.2. The maximum absolute atomic E-state index is 14.3. The number of piperidine rings is 1. The van der Waals surface area contributed by atoms with Gasteiger partial charge < -0.3 is 0 Å². The minimum atomic E-state index is -0.698. The summed E-state index contributed by atoms with van der Waals surface area (Å²) in [6.45, 7) is 5.87. The summed E-state index contributed by atoms with van der Waals surface area (Å²) < 4.78 is 17.4. The Bertz CT molecular complexity index is 1390. The van der Waals surface area contributed by atoms with Gasteiger partial charge in [-0.2, -0.15) is 0 Å². The van der Waals surface area contributed by atoms with Gasteiger partial charge in [-0.25, -0.2) is 0 Å². The maximum atomic E-state index is 14.3. The summed E-state index contributed by atoms with van der Waals surface area (Å²) in [6.07, 6.45) is 8.34. The SMILES string of the molecule is CCc1nc(Cc2ccc(Cl)cc2)sc1C1CCN([I-][C@H]2CN([C@H](CC3CCC3)C(=O)O)C[C@@H]2c2cccc(F)c2)CC1. The normalized spacial score (nSPS) is 23.0. The van der Waals surface area contributed by atoms with Crippen molar-refractivity contribution in [2.24, 2.45) is 5.92 Å². The van der Waals surface area contributed by atoms with Crippen LogP contribution in [0.15, 0.2) is 48.5 Å². The molecule has 0 amide bonds. The molecule has 9 heteroatoms. The number of likely N-dealkylation sites (tertiary alicyclic amines) is 1. The Hall–Kier alpha value is -1.59. The van der Waals surface area contributed by atoms with E-state index in [1.165, 1.54) is 33.6 Å². The minimum absolute atomic E-state index is 0.188. The van der Waals surface area contributed by atoms with E-state index >= 15 is 0 Å². The molecule has 0 spiro atoms. The predicted octanol–water partition coefficient (Wildman–Crippen LogP) is 4.38. The summed E-state index contributed by atoms with van der Waals surface area (Å²) in [6, 6.07) is 14.7. The molecule has 2 saturated heterocycles. The third-order valence-electron chi connectivity index (χ3n) is 9.51. The molecule has 3 aromatic rings. The molecule has 3 aliphatic rings. The van der Waals surface area contributed by atoms with Gasteiger partial charge in [0.2, 0.25) is 0 Å². The Morgan fingerprint density at radius 2 is 1.91 bits per heavy atom. The van der Waals surface area contributed by atoms with E-state index in [0.717, 1.165) is 75.2 Å². The van der Waals surface area contributed by atoms with Gasteiger partial charge in [-0.05, 0) is 0 Å². The Morgan fingerprint density at radius 1 is 1.14 bits per heavy atom. The van der Waals surface area contributed by atoms with Crippen molar-refractivity contribution < 1.29 is 35.8 Å². The van der Waals surface area contributed by atoms with Crippen molar-refractivity contribution in [2.45, 2.75) is 80.1 Å². The number of thiazole rings is 1. The molecular weight excluding hydrogens is 696 g/mol. The van der Waals surface area contributed by atoms with Crippen LogP contribution in [-0.4, -0.2) is 60.2 Å². The Morgan fingerprint density at radius 3 is 2.56 bits per heavy atom. The Kier molecular flexibility index (Phi) is 10.4. The number of carboxylic acids is 1. The van der Waals surface area contributed by atoms with Crippen LogP contribution in [0.2, 0.25) is 5.02 Å². The van der Waals surface area contributed by atoms with Crippen molar-refractivity contribution in [2.75, 3.05) is 26.2 Å². The zero-order valence-electron chi connectivity index (χ0n) is 24.7. The average Bonchev–Trinajstić information content (AvgIpc) is 3.58. The van der Waals surface area contributed by atoms with Crippen LogP contribution < -0.4 is 21.5 Å². The van der Waals surface area contributed by atoms with Gasteiger partial charge in [0.25, 0.3) is 0 Å². The van der Waals surface area contributed by atoms with Gasteiger partial charge in [0.15, 0.2) is 0 Å². The fourth-order valence-corrected chi connectivity index (χ4v) is 12.2. The second-order valence-corrected chi connectivity index (χ2v) is 17.4. The fraction of sp³-hybridized carbons (Fsp3) is 0.529. The number of aryl methyl sites for hydroxylation is 1. The zero-order chi connectivity index (χ0) is 29.9. The van der Waals surface area contributed by atoms with Crippen LogP contribution in [0.4, 0.5) is 4.39 Å². The van der Waals surface area contributed by atoms with Crippen molar-refractivity contribution in [1.29, 1.82) is 0 Å². The molecule has 1 aliphatic carbocycles.